The van der Waals surface area contributed by atoms with Crippen LogP contribution in [0.2, 0.25) is 0 Å². The second kappa shape index (κ2) is 8.24. The summed E-state index contributed by atoms with van der Waals surface area (Å²) in [6.45, 7) is 2.19. The lowest BCUT2D eigenvalue weighted by Gasteiger charge is -2.33. The molecule has 2 amide bonds. The molecule has 136 valence electrons. The van der Waals surface area contributed by atoms with Crippen LogP contribution in [-0.2, 0) is 9.59 Å². The minimum Gasteiger partial charge on any atom is -0.383 e. The topological polar surface area (TPSA) is 98.7 Å². The highest BCUT2D eigenvalue weighted by molar-refractivity contribution is 5.87. The fourth-order valence-corrected chi connectivity index (χ4v) is 3.40. The second-order valence-corrected chi connectivity index (χ2v) is 6.68. The van der Waals surface area contributed by atoms with Crippen LogP contribution in [0.3, 0.4) is 0 Å². The molecule has 1 aromatic rings. The van der Waals surface area contributed by atoms with Gasteiger partial charge in [0.1, 0.15) is 6.10 Å². The molecular formula is C17H25N5O3. The Morgan fingerprint density at radius 3 is 2.76 bits per heavy atom. The molecule has 0 bridgehead atoms. The summed E-state index contributed by atoms with van der Waals surface area (Å²) < 4.78 is 0. The summed E-state index contributed by atoms with van der Waals surface area (Å²) in [5.41, 5.74) is 0. The van der Waals surface area contributed by atoms with E-state index in [4.69, 9.17) is 0 Å². The summed E-state index contributed by atoms with van der Waals surface area (Å²) in [6.07, 6.45) is 4.47. The van der Waals surface area contributed by atoms with Crippen molar-refractivity contribution in [2.45, 2.75) is 44.2 Å². The Kier molecular flexibility index (Phi) is 5.80. The molecule has 0 spiro atoms. The van der Waals surface area contributed by atoms with Crippen molar-refractivity contribution in [3.8, 4) is 0 Å². The molecule has 0 saturated carbocycles. The number of rotatable bonds is 4. The molecule has 0 aromatic carbocycles. The molecular weight excluding hydrogens is 322 g/mol. The zero-order valence-corrected chi connectivity index (χ0v) is 14.3. The first kappa shape index (κ1) is 17.6. The van der Waals surface area contributed by atoms with Crippen LogP contribution in [0.5, 0.6) is 0 Å². The Morgan fingerprint density at radius 2 is 2.04 bits per heavy atom. The van der Waals surface area contributed by atoms with Crippen molar-refractivity contribution in [3.63, 3.8) is 0 Å². The molecule has 2 aliphatic heterocycles. The Hall–Kier alpha value is -2.22. The van der Waals surface area contributed by atoms with Crippen LogP contribution in [-0.4, -0.2) is 70.3 Å². The molecule has 3 heterocycles. The predicted octanol–water partition coefficient (Wildman–Crippen LogP) is -0.0650. The number of aliphatic hydroxyl groups excluding tert-OH is 1. The molecule has 2 fully saturated rings. The molecule has 2 saturated heterocycles. The second-order valence-electron chi connectivity index (χ2n) is 6.68. The number of nitrogens with zero attached hydrogens (tertiary/aromatic N) is 4. The Bertz CT molecular complexity index is 589. The smallest absolute Gasteiger partial charge is 0.251 e. The lowest BCUT2D eigenvalue weighted by atomic mass is 10.0. The molecule has 2 N–H and O–H groups in total. The van der Waals surface area contributed by atoms with E-state index in [9.17, 15) is 14.7 Å². The van der Waals surface area contributed by atoms with E-state index >= 15 is 0 Å². The number of hydrogen-bond donors (Lipinski definition) is 2. The summed E-state index contributed by atoms with van der Waals surface area (Å²) in [7, 11) is 0. The lowest BCUT2D eigenvalue weighted by Crippen LogP contribution is -2.49. The van der Waals surface area contributed by atoms with Gasteiger partial charge in [-0.05, 0) is 44.2 Å². The van der Waals surface area contributed by atoms with E-state index in [0.29, 0.717) is 13.0 Å². The maximum atomic E-state index is 12.3. The van der Waals surface area contributed by atoms with Crippen LogP contribution < -0.4 is 10.2 Å². The molecule has 1 unspecified atom stereocenters. The van der Waals surface area contributed by atoms with E-state index in [-0.39, 0.29) is 24.4 Å². The molecule has 1 atom stereocenters. The molecule has 1 aromatic heterocycles. The maximum absolute atomic E-state index is 12.3. The van der Waals surface area contributed by atoms with Crippen molar-refractivity contribution < 1.29 is 14.7 Å². The first-order chi connectivity index (χ1) is 12.1. The molecule has 25 heavy (non-hydrogen) atoms. The van der Waals surface area contributed by atoms with Crippen LogP contribution in [0.15, 0.2) is 18.3 Å². The summed E-state index contributed by atoms with van der Waals surface area (Å²) in [5.74, 6) is 0.377. The fourth-order valence-electron chi connectivity index (χ4n) is 3.40. The Labute approximate surface area is 147 Å². The van der Waals surface area contributed by atoms with E-state index in [1.54, 1.807) is 6.20 Å². The van der Waals surface area contributed by atoms with Gasteiger partial charge in [0.05, 0.1) is 6.54 Å². The number of amides is 2. The van der Waals surface area contributed by atoms with E-state index in [0.717, 1.165) is 44.6 Å². The van der Waals surface area contributed by atoms with Gasteiger partial charge in [-0.2, -0.15) is 5.10 Å². The van der Waals surface area contributed by atoms with Gasteiger partial charge in [-0.15, -0.1) is 5.10 Å². The number of carbonyl (C=O) groups excluding carboxylic acids is 2. The number of likely N-dealkylation sites (tertiary alicyclic amines) is 1. The quantitative estimate of drug-likeness (QED) is 0.791. The SMILES string of the molecule is O=C(CN1CCCCC(O)C1=O)NC1CCN(c2cccnn2)CC1. The highest BCUT2D eigenvalue weighted by Crippen LogP contribution is 2.17. The van der Waals surface area contributed by atoms with E-state index in [1.807, 2.05) is 12.1 Å². The van der Waals surface area contributed by atoms with Crippen molar-refractivity contribution in [2.75, 3.05) is 31.1 Å². The van der Waals surface area contributed by atoms with Gasteiger partial charge in [0.2, 0.25) is 5.91 Å². The van der Waals surface area contributed by atoms with Gasteiger partial charge in [0, 0.05) is 31.9 Å². The number of aliphatic hydroxyl groups is 1. The van der Waals surface area contributed by atoms with E-state index in [2.05, 4.69) is 20.4 Å². The van der Waals surface area contributed by atoms with Gasteiger partial charge in [-0.3, -0.25) is 9.59 Å². The largest absolute Gasteiger partial charge is 0.383 e. The number of anilines is 1. The standard InChI is InChI=1S/C17H25N5O3/c23-14-4-1-2-9-22(17(14)25)12-16(24)19-13-6-10-21(11-7-13)15-5-3-8-18-20-15/h3,5,8,13-14,23H,1-2,4,6-7,9-12H2,(H,19,24). The number of piperidine rings is 1. The molecule has 0 aliphatic carbocycles. The normalized spacial score (nSPS) is 22.6. The van der Waals surface area contributed by atoms with Gasteiger partial charge in [0.15, 0.2) is 5.82 Å². The number of hydrogen-bond acceptors (Lipinski definition) is 6. The summed E-state index contributed by atoms with van der Waals surface area (Å²) >= 11 is 0. The van der Waals surface area contributed by atoms with Crippen molar-refractivity contribution in [3.05, 3.63) is 18.3 Å². The average Bonchev–Trinajstić information content (AvgIpc) is 2.79. The first-order valence-corrected chi connectivity index (χ1v) is 8.92. The Morgan fingerprint density at radius 1 is 1.24 bits per heavy atom. The number of aromatic nitrogens is 2. The van der Waals surface area contributed by atoms with Crippen LogP contribution >= 0.6 is 0 Å². The third-order valence-corrected chi connectivity index (χ3v) is 4.83. The van der Waals surface area contributed by atoms with Crippen LogP contribution in [0.25, 0.3) is 0 Å². The van der Waals surface area contributed by atoms with Crippen LogP contribution in [0.1, 0.15) is 32.1 Å². The fraction of sp³-hybridized carbons (Fsp3) is 0.647. The minimum absolute atomic E-state index is 0.0280. The predicted molar refractivity (Wildman–Crippen MR) is 91.8 cm³/mol. The molecule has 0 radical (unpaired) electrons. The third kappa shape index (κ3) is 4.66. The highest BCUT2D eigenvalue weighted by Gasteiger charge is 2.27. The van der Waals surface area contributed by atoms with Gasteiger partial charge < -0.3 is 20.2 Å². The van der Waals surface area contributed by atoms with Gasteiger partial charge in [0.25, 0.3) is 5.91 Å². The monoisotopic (exact) mass is 347 g/mol. The third-order valence-electron chi connectivity index (χ3n) is 4.83. The number of nitrogens with one attached hydrogen (secondary N) is 1. The highest BCUT2D eigenvalue weighted by atomic mass is 16.3. The zero-order chi connectivity index (χ0) is 17.6. The molecule has 8 heteroatoms. The van der Waals surface area contributed by atoms with Crippen LogP contribution in [0, 0.1) is 0 Å². The van der Waals surface area contributed by atoms with Crippen molar-refractivity contribution in [1.29, 1.82) is 0 Å². The molecule has 2 aliphatic rings. The summed E-state index contributed by atoms with van der Waals surface area (Å²) in [4.78, 5) is 28.0. The number of carbonyl (C=O) groups is 2. The van der Waals surface area contributed by atoms with Crippen molar-refractivity contribution in [1.82, 2.24) is 20.4 Å². The molecule has 3 rings (SSSR count). The maximum Gasteiger partial charge on any atom is 0.251 e. The summed E-state index contributed by atoms with van der Waals surface area (Å²) in [5, 5.41) is 20.8. The van der Waals surface area contributed by atoms with Crippen molar-refractivity contribution >= 4 is 17.6 Å². The first-order valence-electron chi connectivity index (χ1n) is 8.92. The van der Waals surface area contributed by atoms with Crippen LogP contribution in [0.4, 0.5) is 5.82 Å². The van der Waals surface area contributed by atoms with Gasteiger partial charge in [-0.1, -0.05) is 0 Å². The van der Waals surface area contributed by atoms with E-state index in [1.165, 1.54) is 4.90 Å². The average molecular weight is 347 g/mol. The van der Waals surface area contributed by atoms with E-state index < -0.39 is 6.10 Å². The minimum atomic E-state index is -0.967. The Balaban J connectivity index is 1.45. The lowest BCUT2D eigenvalue weighted by molar-refractivity contribution is -0.142. The summed E-state index contributed by atoms with van der Waals surface area (Å²) in [6, 6.07) is 3.90. The zero-order valence-electron chi connectivity index (χ0n) is 14.3. The molecule has 8 nitrogen and oxygen atoms in total. The van der Waals surface area contributed by atoms with Gasteiger partial charge >= 0.3 is 0 Å². The van der Waals surface area contributed by atoms with Gasteiger partial charge in [-0.25, -0.2) is 0 Å². The van der Waals surface area contributed by atoms with Crippen molar-refractivity contribution in [2.24, 2.45) is 0 Å².